The Hall–Kier alpha value is -5.46. The first-order valence-corrected chi connectivity index (χ1v) is 18.1. The van der Waals surface area contributed by atoms with E-state index in [1.54, 1.807) is 48.5 Å². The Balaban J connectivity index is 1.28. The smallest absolute Gasteiger partial charge is 0.343 e. The third-order valence-electron chi connectivity index (χ3n) is 7.99. The molecular weight excluding hydrogens is 696 g/mol. The molecule has 0 saturated heterocycles. The fourth-order valence-corrected chi connectivity index (χ4v) is 4.97. The van der Waals surface area contributed by atoms with Crippen LogP contribution in [-0.4, -0.2) is 72.7 Å². The molecule has 0 fully saturated rings. The van der Waals surface area contributed by atoms with Crippen molar-refractivity contribution in [3.8, 4) is 23.0 Å². The number of unbranched alkanes of at least 4 members (excludes halogenated alkanes) is 6. The van der Waals surface area contributed by atoms with Gasteiger partial charge in [-0.15, -0.1) is 0 Å². The summed E-state index contributed by atoms with van der Waals surface area (Å²) < 4.78 is 32.1. The van der Waals surface area contributed by atoms with Crippen molar-refractivity contribution >= 4 is 23.9 Å². The van der Waals surface area contributed by atoms with Gasteiger partial charge in [-0.05, 0) is 98.5 Å². The predicted octanol–water partition coefficient (Wildman–Crippen LogP) is 6.96. The summed E-state index contributed by atoms with van der Waals surface area (Å²) in [6.45, 7) is 7.59. The minimum absolute atomic E-state index is 0.0311. The highest BCUT2D eigenvalue weighted by Gasteiger charge is 2.13. The maximum atomic E-state index is 12.7. The van der Waals surface area contributed by atoms with Gasteiger partial charge in [-0.3, -0.25) is 0 Å². The zero-order valence-corrected chi connectivity index (χ0v) is 30.5. The van der Waals surface area contributed by atoms with Gasteiger partial charge >= 0.3 is 23.9 Å². The van der Waals surface area contributed by atoms with Crippen LogP contribution in [0.25, 0.3) is 0 Å². The van der Waals surface area contributed by atoms with E-state index in [0.29, 0.717) is 48.7 Å². The van der Waals surface area contributed by atoms with E-state index >= 15 is 0 Å². The van der Waals surface area contributed by atoms with Crippen LogP contribution < -0.4 is 18.9 Å². The maximum Gasteiger partial charge on any atom is 0.343 e. The van der Waals surface area contributed by atoms with Gasteiger partial charge < -0.3 is 38.6 Å². The largest absolute Gasteiger partial charge is 0.494 e. The van der Waals surface area contributed by atoms with Crippen LogP contribution in [0.5, 0.6) is 23.0 Å². The number of aliphatic hydroxyl groups excluding tert-OH is 2. The first-order valence-electron chi connectivity index (χ1n) is 18.1. The second-order valence-corrected chi connectivity index (χ2v) is 12.4. The monoisotopic (exact) mass is 746 g/mol. The van der Waals surface area contributed by atoms with E-state index in [2.05, 4.69) is 13.2 Å². The number of rotatable bonds is 26. The number of esters is 4. The zero-order chi connectivity index (χ0) is 39.0. The Morgan fingerprint density at radius 1 is 0.500 bits per heavy atom. The summed E-state index contributed by atoms with van der Waals surface area (Å²) in [4.78, 5) is 47.4. The second kappa shape index (κ2) is 24.7. The lowest BCUT2D eigenvalue weighted by atomic mass is 10.1. The molecule has 0 saturated carbocycles. The van der Waals surface area contributed by atoms with Crippen molar-refractivity contribution in [1.29, 1.82) is 0 Å². The summed E-state index contributed by atoms with van der Waals surface area (Å²) in [6.07, 6.45) is 8.80. The van der Waals surface area contributed by atoms with E-state index in [0.717, 1.165) is 63.5 Å². The van der Waals surface area contributed by atoms with Crippen molar-refractivity contribution in [2.24, 2.45) is 0 Å². The SMILES string of the molecule is C=CC(=O)OCC(O)CCCCCCOc1ccc(C(=O)Oc2ccc(OC(=O)c3ccc(OCCCCCCC(O)COC(=O)C=C)cc3)cc2)cc1. The number of aliphatic hydroxyl groups is 2. The van der Waals surface area contributed by atoms with E-state index in [1.807, 2.05) is 0 Å². The summed E-state index contributed by atoms with van der Waals surface area (Å²) in [5.41, 5.74) is 0.696. The van der Waals surface area contributed by atoms with Crippen molar-refractivity contribution in [3.63, 3.8) is 0 Å². The van der Waals surface area contributed by atoms with Gasteiger partial charge in [-0.2, -0.15) is 0 Å². The van der Waals surface area contributed by atoms with Gasteiger partial charge in [0.2, 0.25) is 0 Å². The average Bonchev–Trinajstić information content (AvgIpc) is 3.19. The second-order valence-electron chi connectivity index (χ2n) is 12.4. The van der Waals surface area contributed by atoms with Crippen LogP contribution in [0.1, 0.15) is 84.9 Å². The van der Waals surface area contributed by atoms with Gasteiger partial charge in [0, 0.05) is 12.2 Å². The van der Waals surface area contributed by atoms with Gasteiger partial charge in [-0.25, -0.2) is 19.2 Å². The van der Waals surface area contributed by atoms with E-state index in [9.17, 15) is 29.4 Å². The quantitative estimate of drug-likeness (QED) is 0.0376. The van der Waals surface area contributed by atoms with Crippen molar-refractivity contribution in [3.05, 3.63) is 109 Å². The Bertz CT molecular complexity index is 1480. The molecule has 54 heavy (non-hydrogen) atoms. The summed E-state index contributed by atoms with van der Waals surface area (Å²) in [5.74, 6) is -0.350. The van der Waals surface area contributed by atoms with Crippen LogP contribution in [-0.2, 0) is 19.1 Å². The third kappa shape index (κ3) is 17.4. The number of hydrogen-bond donors (Lipinski definition) is 2. The minimum Gasteiger partial charge on any atom is -0.494 e. The highest BCUT2D eigenvalue weighted by Crippen LogP contribution is 2.22. The fraction of sp³-hybridized carbons (Fsp3) is 0.381. The molecule has 290 valence electrons. The summed E-state index contributed by atoms with van der Waals surface area (Å²) in [6, 6.07) is 19.4. The molecule has 0 radical (unpaired) electrons. The van der Waals surface area contributed by atoms with E-state index in [4.69, 9.17) is 28.4 Å². The van der Waals surface area contributed by atoms with E-state index < -0.39 is 36.1 Å². The normalized spacial score (nSPS) is 11.7. The number of hydrogen-bond acceptors (Lipinski definition) is 12. The Morgan fingerprint density at radius 2 is 0.833 bits per heavy atom. The van der Waals surface area contributed by atoms with Crippen molar-refractivity contribution in [2.45, 2.75) is 76.4 Å². The third-order valence-corrected chi connectivity index (χ3v) is 7.99. The summed E-state index contributed by atoms with van der Waals surface area (Å²) >= 11 is 0. The Labute approximate surface area is 316 Å². The molecule has 2 atom stereocenters. The predicted molar refractivity (Wildman–Crippen MR) is 201 cm³/mol. The lowest BCUT2D eigenvalue weighted by molar-refractivity contribution is -0.141. The molecule has 0 amide bonds. The lowest BCUT2D eigenvalue weighted by Crippen LogP contribution is -2.17. The molecule has 3 aromatic rings. The van der Waals surface area contributed by atoms with Gasteiger partial charge in [-0.1, -0.05) is 51.7 Å². The van der Waals surface area contributed by atoms with Gasteiger partial charge in [0.05, 0.1) is 36.5 Å². The average molecular weight is 747 g/mol. The molecule has 0 aliphatic heterocycles. The number of benzene rings is 3. The lowest BCUT2D eigenvalue weighted by Gasteiger charge is -2.10. The summed E-state index contributed by atoms with van der Waals surface area (Å²) in [5, 5.41) is 19.7. The molecule has 0 bridgehead atoms. The molecule has 0 aliphatic carbocycles. The van der Waals surface area contributed by atoms with Crippen LogP contribution in [0, 0.1) is 0 Å². The minimum atomic E-state index is -0.684. The van der Waals surface area contributed by atoms with Crippen molar-refractivity contribution < 1.29 is 57.8 Å². The van der Waals surface area contributed by atoms with E-state index in [1.165, 1.54) is 24.3 Å². The van der Waals surface area contributed by atoms with Crippen molar-refractivity contribution in [2.75, 3.05) is 26.4 Å². The summed E-state index contributed by atoms with van der Waals surface area (Å²) in [7, 11) is 0. The van der Waals surface area contributed by atoms with E-state index in [-0.39, 0.29) is 24.7 Å². The molecule has 0 aliphatic rings. The highest BCUT2D eigenvalue weighted by molar-refractivity contribution is 5.92. The fourth-order valence-electron chi connectivity index (χ4n) is 4.97. The van der Waals surface area contributed by atoms with Gasteiger partial charge in [0.15, 0.2) is 0 Å². The van der Waals surface area contributed by atoms with Crippen LogP contribution in [0.3, 0.4) is 0 Å². The van der Waals surface area contributed by atoms with Crippen LogP contribution >= 0.6 is 0 Å². The first-order chi connectivity index (χ1) is 26.2. The molecule has 0 aromatic heterocycles. The molecule has 3 aromatic carbocycles. The molecule has 12 heteroatoms. The topological polar surface area (TPSA) is 164 Å². The zero-order valence-electron chi connectivity index (χ0n) is 30.5. The van der Waals surface area contributed by atoms with Gasteiger partial charge in [0.25, 0.3) is 0 Å². The van der Waals surface area contributed by atoms with Crippen LogP contribution in [0.4, 0.5) is 0 Å². The molecule has 2 N–H and O–H groups in total. The number of carbonyl (C=O) groups excluding carboxylic acids is 4. The molecule has 3 rings (SSSR count). The number of ether oxygens (including phenoxy) is 6. The molecule has 12 nitrogen and oxygen atoms in total. The van der Waals surface area contributed by atoms with Gasteiger partial charge in [0.1, 0.15) is 36.2 Å². The maximum absolute atomic E-state index is 12.7. The first kappa shape index (κ1) is 42.9. The van der Waals surface area contributed by atoms with Crippen molar-refractivity contribution in [1.82, 2.24) is 0 Å². The highest BCUT2D eigenvalue weighted by atomic mass is 16.6. The molecule has 0 heterocycles. The Morgan fingerprint density at radius 3 is 1.19 bits per heavy atom. The molecule has 0 spiro atoms. The molecule has 2 unspecified atom stereocenters. The van der Waals surface area contributed by atoms with Crippen LogP contribution in [0.15, 0.2) is 98.1 Å². The standard InChI is InChI=1S/C42H50O12/c1-3-39(45)51-29-33(43)13-9-5-7-11-27-49-35-19-15-31(16-20-35)41(47)53-37-23-25-38(26-24-37)54-42(48)32-17-21-36(22-18-32)50-28-12-8-6-10-14-34(44)30-52-40(46)4-2/h3-4,15-26,33-34,43-44H,1-2,5-14,27-30H2. The number of carbonyl (C=O) groups is 4. The molecular formula is C42H50O12. The Kier molecular flexibility index (Phi) is 19.7. The van der Waals surface area contributed by atoms with Crippen LogP contribution in [0.2, 0.25) is 0 Å².